The molecule has 0 unspecified atom stereocenters. The fraction of sp³-hybridized carbons (Fsp3) is 0.150. The molecule has 0 atom stereocenters. The highest BCUT2D eigenvalue weighted by Gasteiger charge is 2.26. The lowest BCUT2D eigenvalue weighted by atomic mass is 10.1. The molecule has 2 aromatic rings. The molecule has 0 N–H and O–H groups in total. The van der Waals surface area contributed by atoms with Crippen LogP contribution in [0.5, 0.6) is 11.5 Å². The van der Waals surface area contributed by atoms with Crippen molar-refractivity contribution in [1.29, 1.82) is 0 Å². The van der Waals surface area contributed by atoms with Crippen LogP contribution in [0.2, 0.25) is 5.02 Å². The molecular formula is C20H15ClFNO5. The van der Waals surface area contributed by atoms with E-state index in [1.807, 2.05) is 0 Å². The van der Waals surface area contributed by atoms with E-state index in [1.54, 1.807) is 13.0 Å². The van der Waals surface area contributed by atoms with Crippen LogP contribution in [0.1, 0.15) is 24.5 Å². The average Bonchev–Trinajstić information content (AvgIpc) is 3.03. The Hall–Kier alpha value is -3.19. The third kappa shape index (κ3) is 4.04. The topological polar surface area (TPSA) is 74.2 Å². The molecule has 8 heteroatoms. The number of methoxy groups -OCH3 is 1. The Morgan fingerprint density at radius 3 is 2.75 bits per heavy atom. The fourth-order valence-electron chi connectivity index (χ4n) is 2.43. The van der Waals surface area contributed by atoms with Gasteiger partial charge in [0, 0.05) is 6.42 Å². The van der Waals surface area contributed by atoms with E-state index in [-0.39, 0.29) is 40.1 Å². The summed E-state index contributed by atoms with van der Waals surface area (Å²) < 4.78 is 29.3. The van der Waals surface area contributed by atoms with Crippen LogP contribution >= 0.6 is 11.6 Å². The molecule has 0 aromatic heterocycles. The summed E-state index contributed by atoms with van der Waals surface area (Å²) in [5.74, 6) is -1.57. The first-order valence-corrected chi connectivity index (χ1v) is 8.66. The number of carbonyl (C=O) groups excluding carboxylic acids is 2. The van der Waals surface area contributed by atoms with Gasteiger partial charge in [0.25, 0.3) is 0 Å². The van der Waals surface area contributed by atoms with E-state index in [4.69, 9.17) is 25.8 Å². The zero-order valence-electron chi connectivity index (χ0n) is 15.0. The van der Waals surface area contributed by atoms with Crippen molar-refractivity contribution < 1.29 is 28.2 Å². The summed E-state index contributed by atoms with van der Waals surface area (Å²) in [5.41, 5.74) is 0.509. The lowest BCUT2D eigenvalue weighted by molar-refractivity contribution is -0.134. The molecule has 2 aromatic carbocycles. The van der Waals surface area contributed by atoms with Gasteiger partial charge in [0.05, 0.1) is 17.7 Å². The molecule has 0 aliphatic carbocycles. The van der Waals surface area contributed by atoms with Crippen molar-refractivity contribution in [2.75, 3.05) is 7.11 Å². The molecule has 0 radical (unpaired) electrons. The van der Waals surface area contributed by atoms with Gasteiger partial charge in [-0.2, -0.15) is 0 Å². The van der Waals surface area contributed by atoms with Gasteiger partial charge in [0.15, 0.2) is 17.2 Å². The standard InChI is InChI=1S/C20H15ClFNO5/c1-3-17(24)27-18-13(21)8-11(10-16(18)26-2)9-15-20(25)28-19(23-15)12-6-4-5-7-14(12)22/h4-10H,3H2,1-2H3/b15-9-. The maximum atomic E-state index is 13.9. The first kappa shape index (κ1) is 19.6. The van der Waals surface area contributed by atoms with Crippen molar-refractivity contribution in [2.45, 2.75) is 13.3 Å². The largest absolute Gasteiger partial charge is 0.493 e. The van der Waals surface area contributed by atoms with Gasteiger partial charge in [-0.25, -0.2) is 14.2 Å². The van der Waals surface area contributed by atoms with Gasteiger partial charge in [-0.1, -0.05) is 30.7 Å². The molecule has 0 saturated heterocycles. The minimum absolute atomic E-state index is 0.0327. The second-order valence-electron chi connectivity index (χ2n) is 5.68. The molecule has 1 aliphatic heterocycles. The Morgan fingerprint density at radius 2 is 2.07 bits per heavy atom. The number of hydrogen-bond donors (Lipinski definition) is 0. The minimum Gasteiger partial charge on any atom is -0.493 e. The van der Waals surface area contributed by atoms with Crippen LogP contribution in [0.15, 0.2) is 47.1 Å². The summed E-state index contributed by atoms with van der Waals surface area (Å²) in [6.07, 6.45) is 1.58. The second-order valence-corrected chi connectivity index (χ2v) is 6.08. The molecule has 3 rings (SSSR count). The monoisotopic (exact) mass is 403 g/mol. The zero-order valence-corrected chi connectivity index (χ0v) is 15.7. The van der Waals surface area contributed by atoms with E-state index in [0.29, 0.717) is 5.56 Å². The Kier molecular flexibility index (Phi) is 5.75. The highest BCUT2D eigenvalue weighted by molar-refractivity contribution is 6.32. The number of hydrogen-bond acceptors (Lipinski definition) is 6. The second kappa shape index (κ2) is 8.22. The number of carbonyl (C=O) groups is 2. The summed E-state index contributed by atoms with van der Waals surface area (Å²) in [6.45, 7) is 1.65. The van der Waals surface area contributed by atoms with Gasteiger partial charge in [0.2, 0.25) is 5.90 Å². The molecular weight excluding hydrogens is 389 g/mol. The number of ether oxygens (including phenoxy) is 3. The van der Waals surface area contributed by atoms with Crippen LogP contribution in [0.3, 0.4) is 0 Å². The van der Waals surface area contributed by atoms with Crippen molar-refractivity contribution in [3.05, 3.63) is 64.1 Å². The van der Waals surface area contributed by atoms with Crippen molar-refractivity contribution in [3.8, 4) is 11.5 Å². The summed E-state index contributed by atoms with van der Waals surface area (Å²) in [5, 5.41) is 0.123. The van der Waals surface area contributed by atoms with Crippen LogP contribution < -0.4 is 9.47 Å². The van der Waals surface area contributed by atoms with Gasteiger partial charge in [-0.05, 0) is 35.9 Å². The Balaban J connectivity index is 1.97. The number of benzene rings is 2. The third-order valence-corrected chi connectivity index (χ3v) is 4.07. The fourth-order valence-corrected chi connectivity index (χ4v) is 2.68. The van der Waals surface area contributed by atoms with Crippen LogP contribution in [0, 0.1) is 5.82 Å². The molecule has 0 amide bonds. The first-order chi connectivity index (χ1) is 13.4. The smallest absolute Gasteiger partial charge is 0.363 e. The number of halogens is 2. The highest BCUT2D eigenvalue weighted by Crippen LogP contribution is 2.37. The van der Waals surface area contributed by atoms with Crippen LogP contribution in [0.25, 0.3) is 6.08 Å². The van der Waals surface area contributed by atoms with E-state index in [2.05, 4.69) is 4.99 Å². The summed E-state index contributed by atoms with van der Waals surface area (Å²) in [7, 11) is 1.39. The summed E-state index contributed by atoms with van der Waals surface area (Å²) >= 11 is 6.19. The van der Waals surface area contributed by atoms with E-state index in [1.165, 1.54) is 43.5 Å². The average molecular weight is 404 g/mol. The Labute approximate surface area is 165 Å². The molecule has 6 nitrogen and oxygen atoms in total. The number of rotatable bonds is 5. The van der Waals surface area contributed by atoms with Crippen molar-refractivity contribution in [2.24, 2.45) is 4.99 Å². The molecule has 0 bridgehead atoms. The lowest BCUT2D eigenvalue weighted by Gasteiger charge is -2.11. The maximum absolute atomic E-state index is 13.9. The van der Waals surface area contributed by atoms with Crippen molar-refractivity contribution in [1.82, 2.24) is 0 Å². The molecule has 0 saturated carbocycles. The molecule has 0 fully saturated rings. The van der Waals surface area contributed by atoms with Gasteiger partial charge < -0.3 is 14.2 Å². The summed E-state index contributed by atoms with van der Waals surface area (Å²) in [4.78, 5) is 27.7. The van der Waals surface area contributed by atoms with Crippen LogP contribution in [0.4, 0.5) is 4.39 Å². The van der Waals surface area contributed by atoms with Gasteiger partial charge in [-0.15, -0.1) is 0 Å². The van der Waals surface area contributed by atoms with Crippen LogP contribution in [-0.4, -0.2) is 24.9 Å². The number of esters is 2. The number of aliphatic imine (C=N–C) groups is 1. The Bertz CT molecular complexity index is 1020. The molecule has 0 spiro atoms. The SMILES string of the molecule is CCC(=O)Oc1c(Cl)cc(/C=C2\N=C(c3ccccc3F)OC2=O)cc1OC. The lowest BCUT2D eigenvalue weighted by Crippen LogP contribution is -2.07. The molecule has 28 heavy (non-hydrogen) atoms. The van der Waals surface area contributed by atoms with E-state index in [0.717, 1.165) is 0 Å². The maximum Gasteiger partial charge on any atom is 0.363 e. The molecule has 1 aliphatic rings. The Morgan fingerprint density at radius 1 is 1.32 bits per heavy atom. The predicted octanol–water partition coefficient (Wildman–Crippen LogP) is 4.15. The minimum atomic E-state index is -0.727. The number of cyclic esters (lactones) is 1. The van der Waals surface area contributed by atoms with Crippen molar-refractivity contribution in [3.63, 3.8) is 0 Å². The summed E-state index contributed by atoms with van der Waals surface area (Å²) in [6, 6.07) is 8.85. The van der Waals surface area contributed by atoms with Crippen molar-refractivity contribution >= 4 is 35.5 Å². The molecule has 144 valence electrons. The highest BCUT2D eigenvalue weighted by atomic mass is 35.5. The predicted molar refractivity (Wildman–Crippen MR) is 101 cm³/mol. The van der Waals surface area contributed by atoms with E-state index < -0.39 is 17.8 Å². The first-order valence-electron chi connectivity index (χ1n) is 8.28. The molecule has 1 heterocycles. The zero-order chi connectivity index (χ0) is 20.3. The van der Waals surface area contributed by atoms with Gasteiger partial charge in [0.1, 0.15) is 5.82 Å². The normalized spacial score (nSPS) is 14.6. The van der Waals surface area contributed by atoms with Gasteiger partial charge in [-0.3, -0.25) is 4.79 Å². The third-order valence-electron chi connectivity index (χ3n) is 3.78. The quantitative estimate of drug-likeness (QED) is 0.426. The van der Waals surface area contributed by atoms with Crippen LogP contribution in [-0.2, 0) is 14.3 Å². The van der Waals surface area contributed by atoms with Gasteiger partial charge >= 0.3 is 11.9 Å². The number of nitrogens with zero attached hydrogens (tertiary/aromatic N) is 1. The van der Waals surface area contributed by atoms with E-state index >= 15 is 0 Å². The van der Waals surface area contributed by atoms with E-state index in [9.17, 15) is 14.0 Å².